The molecule has 0 fully saturated rings. The van der Waals surface area contributed by atoms with Crippen LogP contribution in [0.15, 0.2) is 12.2 Å². The molecule has 2 nitrogen and oxygen atoms in total. The molecule has 0 aliphatic carbocycles. The van der Waals surface area contributed by atoms with Gasteiger partial charge in [-0.25, -0.2) is 0 Å². The zero-order valence-corrected chi connectivity index (χ0v) is 5.79. The second kappa shape index (κ2) is 4.13. The highest BCUT2D eigenvalue weighted by Crippen LogP contribution is 2.01. The molecule has 0 rings (SSSR count). The van der Waals surface area contributed by atoms with E-state index in [2.05, 4.69) is 0 Å². The summed E-state index contributed by atoms with van der Waals surface area (Å²) < 4.78 is 0. The molecular formula is C7H12O2. The van der Waals surface area contributed by atoms with Crippen LogP contribution in [0.25, 0.3) is 0 Å². The SMILES string of the molecule is C/C=C\CC(C)C(=O)O. The van der Waals surface area contributed by atoms with Crippen LogP contribution in [0.4, 0.5) is 0 Å². The van der Waals surface area contributed by atoms with E-state index in [0.717, 1.165) is 0 Å². The van der Waals surface area contributed by atoms with Crippen molar-refractivity contribution in [1.29, 1.82) is 0 Å². The Labute approximate surface area is 55.2 Å². The number of rotatable bonds is 3. The maximum absolute atomic E-state index is 10.2. The molecule has 0 spiro atoms. The number of hydrogen-bond acceptors (Lipinski definition) is 1. The first kappa shape index (κ1) is 8.21. The minimum atomic E-state index is -0.729. The maximum Gasteiger partial charge on any atom is 0.306 e. The summed E-state index contributed by atoms with van der Waals surface area (Å²) in [5.74, 6) is -0.977. The van der Waals surface area contributed by atoms with Crippen molar-refractivity contribution in [3.05, 3.63) is 12.2 Å². The van der Waals surface area contributed by atoms with Crippen molar-refractivity contribution >= 4 is 5.97 Å². The molecule has 1 unspecified atom stereocenters. The predicted octanol–water partition coefficient (Wildman–Crippen LogP) is 1.67. The van der Waals surface area contributed by atoms with E-state index < -0.39 is 5.97 Å². The number of hydrogen-bond donors (Lipinski definition) is 1. The number of carboxylic acid groups (broad SMARTS) is 1. The van der Waals surface area contributed by atoms with Crippen LogP contribution in [0.2, 0.25) is 0 Å². The molecule has 52 valence electrons. The van der Waals surface area contributed by atoms with Crippen molar-refractivity contribution in [3.63, 3.8) is 0 Å². The smallest absolute Gasteiger partial charge is 0.306 e. The van der Waals surface area contributed by atoms with Gasteiger partial charge in [0.05, 0.1) is 5.92 Å². The zero-order chi connectivity index (χ0) is 7.28. The van der Waals surface area contributed by atoms with E-state index >= 15 is 0 Å². The van der Waals surface area contributed by atoms with Crippen LogP contribution < -0.4 is 0 Å². The van der Waals surface area contributed by atoms with E-state index in [4.69, 9.17) is 5.11 Å². The average Bonchev–Trinajstić information content (AvgIpc) is 1.82. The molecule has 0 radical (unpaired) electrons. The first-order chi connectivity index (χ1) is 4.18. The lowest BCUT2D eigenvalue weighted by molar-refractivity contribution is -0.140. The van der Waals surface area contributed by atoms with Gasteiger partial charge >= 0.3 is 5.97 Å². The van der Waals surface area contributed by atoms with E-state index in [9.17, 15) is 4.79 Å². The Hall–Kier alpha value is -0.790. The Kier molecular flexibility index (Phi) is 3.76. The molecule has 0 heterocycles. The Bertz CT molecular complexity index is 116. The van der Waals surface area contributed by atoms with Crippen molar-refractivity contribution in [2.45, 2.75) is 20.3 Å². The van der Waals surface area contributed by atoms with Crippen molar-refractivity contribution in [2.75, 3.05) is 0 Å². The number of carboxylic acids is 1. The second-order valence-corrected chi connectivity index (χ2v) is 2.04. The lowest BCUT2D eigenvalue weighted by atomic mass is 10.1. The second-order valence-electron chi connectivity index (χ2n) is 2.04. The minimum absolute atomic E-state index is 0.249. The fraction of sp³-hybridized carbons (Fsp3) is 0.571. The Balaban J connectivity index is 3.50. The Morgan fingerprint density at radius 3 is 2.67 bits per heavy atom. The summed E-state index contributed by atoms with van der Waals surface area (Å²) in [6.07, 6.45) is 4.35. The van der Waals surface area contributed by atoms with Gasteiger partial charge in [0, 0.05) is 0 Å². The third kappa shape index (κ3) is 3.76. The van der Waals surface area contributed by atoms with E-state index in [1.54, 1.807) is 6.92 Å². The third-order valence-electron chi connectivity index (χ3n) is 1.15. The quantitative estimate of drug-likeness (QED) is 0.587. The van der Waals surface area contributed by atoms with Crippen LogP contribution in [0.3, 0.4) is 0 Å². The van der Waals surface area contributed by atoms with Gasteiger partial charge in [0.25, 0.3) is 0 Å². The first-order valence-corrected chi connectivity index (χ1v) is 3.02. The van der Waals surface area contributed by atoms with Gasteiger partial charge in [-0.15, -0.1) is 0 Å². The molecule has 9 heavy (non-hydrogen) atoms. The van der Waals surface area contributed by atoms with Gasteiger partial charge in [-0.2, -0.15) is 0 Å². The highest BCUT2D eigenvalue weighted by molar-refractivity contribution is 5.69. The average molecular weight is 128 g/mol. The van der Waals surface area contributed by atoms with Crippen LogP contribution in [0, 0.1) is 5.92 Å². The van der Waals surface area contributed by atoms with Gasteiger partial charge in [0.15, 0.2) is 0 Å². The molecular weight excluding hydrogens is 116 g/mol. The summed E-state index contributed by atoms with van der Waals surface area (Å²) >= 11 is 0. The summed E-state index contributed by atoms with van der Waals surface area (Å²) in [5.41, 5.74) is 0. The molecule has 0 aromatic carbocycles. The fourth-order valence-electron chi connectivity index (χ4n) is 0.441. The zero-order valence-electron chi connectivity index (χ0n) is 5.79. The Morgan fingerprint density at radius 2 is 2.33 bits per heavy atom. The monoisotopic (exact) mass is 128 g/mol. The molecule has 0 saturated carbocycles. The molecule has 0 aromatic heterocycles. The standard InChI is InChI=1S/C7H12O2/c1-3-4-5-6(2)7(8)9/h3-4,6H,5H2,1-2H3,(H,8,9)/b4-3-. The van der Waals surface area contributed by atoms with Crippen molar-refractivity contribution in [1.82, 2.24) is 0 Å². The molecule has 0 saturated heterocycles. The first-order valence-electron chi connectivity index (χ1n) is 3.02. The van der Waals surface area contributed by atoms with Crippen molar-refractivity contribution in [3.8, 4) is 0 Å². The van der Waals surface area contributed by atoms with Gasteiger partial charge in [0.1, 0.15) is 0 Å². The van der Waals surface area contributed by atoms with Crippen LogP contribution in [0.1, 0.15) is 20.3 Å². The fourth-order valence-corrected chi connectivity index (χ4v) is 0.441. The van der Waals surface area contributed by atoms with Crippen LogP contribution >= 0.6 is 0 Å². The summed E-state index contributed by atoms with van der Waals surface area (Å²) in [7, 11) is 0. The normalized spacial score (nSPS) is 14.0. The molecule has 1 atom stereocenters. The minimum Gasteiger partial charge on any atom is -0.481 e. The van der Waals surface area contributed by atoms with Crippen LogP contribution in [-0.4, -0.2) is 11.1 Å². The number of aliphatic carboxylic acids is 1. The molecule has 0 amide bonds. The van der Waals surface area contributed by atoms with Crippen LogP contribution in [-0.2, 0) is 4.79 Å². The maximum atomic E-state index is 10.2. The lowest BCUT2D eigenvalue weighted by Gasteiger charge is -1.98. The third-order valence-corrected chi connectivity index (χ3v) is 1.15. The predicted molar refractivity (Wildman–Crippen MR) is 36.2 cm³/mol. The highest BCUT2D eigenvalue weighted by Gasteiger charge is 2.06. The summed E-state index contributed by atoms with van der Waals surface area (Å²) in [6, 6.07) is 0. The van der Waals surface area contributed by atoms with Gasteiger partial charge in [-0.05, 0) is 13.3 Å². The van der Waals surface area contributed by atoms with Gasteiger partial charge in [0.2, 0.25) is 0 Å². The largest absolute Gasteiger partial charge is 0.481 e. The topological polar surface area (TPSA) is 37.3 Å². The van der Waals surface area contributed by atoms with Crippen molar-refractivity contribution < 1.29 is 9.90 Å². The van der Waals surface area contributed by atoms with Crippen molar-refractivity contribution in [2.24, 2.45) is 5.92 Å². The molecule has 0 bridgehead atoms. The molecule has 2 heteroatoms. The summed E-state index contributed by atoms with van der Waals surface area (Å²) in [6.45, 7) is 3.58. The highest BCUT2D eigenvalue weighted by atomic mass is 16.4. The van der Waals surface area contributed by atoms with Gasteiger partial charge < -0.3 is 5.11 Å². The van der Waals surface area contributed by atoms with Crippen LogP contribution in [0.5, 0.6) is 0 Å². The molecule has 0 aromatic rings. The van der Waals surface area contributed by atoms with E-state index in [0.29, 0.717) is 6.42 Å². The molecule has 0 aliphatic heterocycles. The van der Waals surface area contributed by atoms with Gasteiger partial charge in [-0.1, -0.05) is 19.1 Å². The summed E-state index contributed by atoms with van der Waals surface area (Å²) in [5, 5.41) is 8.37. The molecule has 1 N–H and O–H groups in total. The Morgan fingerprint density at radius 1 is 1.78 bits per heavy atom. The molecule has 0 aliphatic rings. The van der Waals surface area contributed by atoms with E-state index in [1.165, 1.54) is 0 Å². The number of carbonyl (C=O) groups is 1. The summed E-state index contributed by atoms with van der Waals surface area (Å²) in [4.78, 5) is 10.2. The lowest BCUT2D eigenvalue weighted by Crippen LogP contribution is -2.07. The van der Waals surface area contributed by atoms with Gasteiger partial charge in [-0.3, -0.25) is 4.79 Å². The van der Waals surface area contributed by atoms with E-state index in [1.807, 2.05) is 19.1 Å². The van der Waals surface area contributed by atoms with E-state index in [-0.39, 0.29) is 5.92 Å². The number of allylic oxidation sites excluding steroid dienone is 2.